The summed E-state index contributed by atoms with van der Waals surface area (Å²) >= 11 is 9.56. The largest absolute Gasteiger partial charge is 0.503 e. The number of hydrogen-bond acceptors (Lipinski definition) is 6. The minimum Gasteiger partial charge on any atom is -0.503 e. The average molecular weight is 553 g/mol. The molecule has 10 heteroatoms. The Bertz CT molecular complexity index is 858. The van der Waals surface area contributed by atoms with Crippen LogP contribution in [-0.2, 0) is 4.79 Å². The highest BCUT2D eigenvalue weighted by molar-refractivity contribution is 9.11. The van der Waals surface area contributed by atoms with Crippen molar-refractivity contribution in [1.82, 2.24) is 5.43 Å². The van der Waals surface area contributed by atoms with Crippen LogP contribution in [0, 0.1) is 0 Å². The van der Waals surface area contributed by atoms with E-state index in [0.29, 0.717) is 17.1 Å². The number of amides is 1. The third-order valence-corrected chi connectivity index (χ3v) is 5.00. The van der Waals surface area contributed by atoms with Crippen LogP contribution in [0.25, 0.3) is 0 Å². The molecule has 0 fully saturated rings. The van der Waals surface area contributed by atoms with Crippen molar-refractivity contribution >= 4 is 59.9 Å². The number of aromatic hydroxyl groups is 2. The molecule has 26 heavy (non-hydrogen) atoms. The first-order valence-electron chi connectivity index (χ1n) is 7.01. The number of methoxy groups -OCH3 is 1. The summed E-state index contributed by atoms with van der Waals surface area (Å²) in [4.78, 5) is 11.8. The van der Waals surface area contributed by atoms with Crippen LogP contribution in [-0.4, -0.2) is 36.1 Å². The molecular formula is C16H13Br3N2O5. The molecule has 2 aromatic carbocycles. The van der Waals surface area contributed by atoms with Gasteiger partial charge in [0.1, 0.15) is 0 Å². The van der Waals surface area contributed by atoms with Gasteiger partial charge in [0.15, 0.2) is 29.6 Å². The minimum atomic E-state index is -0.482. The predicted octanol–water partition coefficient (Wildman–Crippen LogP) is 3.92. The maximum Gasteiger partial charge on any atom is 0.277 e. The molecule has 138 valence electrons. The van der Waals surface area contributed by atoms with Gasteiger partial charge in [-0.15, -0.1) is 0 Å². The second kappa shape index (κ2) is 9.24. The lowest BCUT2D eigenvalue weighted by atomic mass is 10.2. The first-order chi connectivity index (χ1) is 12.3. The van der Waals surface area contributed by atoms with Crippen LogP contribution < -0.4 is 14.9 Å². The fourth-order valence-electron chi connectivity index (χ4n) is 1.83. The van der Waals surface area contributed by atoms with Gasteiger partial charge in [-0.2, -0.15) is 5.10 Å². The molecule has 0 saturated carbocycles. The average Bonchev–Trinajstić information content (AvgIpc) is 2.62. The van der Waals surface area contributed by atoms with E-state index in [9.17, 15) is 15.0 Å². The standard InChI is InChI=1S/C16H13Br3N2O5/c1-25-12-5-9(17)2-3-11(12)26-7-13(22)21-20-6-8-4-10(18)15(23)16(24)14(8)19/h2-6,23-24H,7H2,1H3,(H,21,22)/b20-6-. The molecule has 0 bridgehead atoms. The number of hydrogen-bond donors (Lipinski definition) is 3. The van der Waals surface area contributed by atoms with Crippen molar-refractivity contribution in [1.29, 1.82) is 0 Å². The summed E-state index contributed by atoms with van der Waals surface area (Å²) < 4.78 is 11.9. The number of hydrazone groups is 1. The molecule has 0 radical (unpaired) electrons. The van der Waals surface area contributed by atoms with E-state index in [2.05, 4.69) is 58.3 Å². The second-order valence-electron chi connectivity index (χ2n) is 4.84. The van der Waals surface area contributed by atoms with Gasteiger partial charge >= 0.3 is 0 Å². The third-order valence-electron chi connectivity index (χ3n) is 3.07. The van der Waals surface area contributed by atoms with Crippen molar-refractivity contribution < 1.29 is 24.5 Å². The highest BCUT2D eigenvalue weighted by atomic mass is 79.9. The van der Waals surface area contributed by atoms with E-state index in [1.807, 2.05) is 0 Å². The fourth-order valence-corrected chi connectivity index (χ4v) is 3.01. The first kappa shape index (κ1) is 20.5. The molecule has 0 aliphatic heterocycles. The van der Waals surface area contributed by atoms with Gasteiger partial charge in [-0.05, 0) is 56.1 Å². The number of rotatable bonds is 6. The zero-order valence-electron chi connectivity index (χ0n) is 13.3. The lowest BCUT2D eigenvalue weighted by Gasteiger charge is -2.10. The highest BCUT2D eigenvalue weighted by Gasteiger charge is 2.13. The van der Waals surface area contributed by atoms with Crippen molar-refractivity contribution in [3.05, 3.63) is 43.2 Å². The first-order valence-corrected chi connectivity index (χ1v) is 9.39. The number of phenolic OH excluding ortho intramolecular Hbond substituents is 2. The molecule has 2 rings (SSSR count). The third kappa shape index (κ3) is 5.12. The molecule has 0 atom stereocenters. The predicted molar refractivity (Wildman–Crippen MR) is 107 cm³/mol. The number of carbonyl (C=O) groups excluding carboxylic acids is 1. The van der Waals surface area contributed by atoms with E-state index in [0.717, 1.165) is 4.47 Å². The Labute approximate surface area is 174 Å². The van der Waals surface area contributed by atoms with Gasteiger partial charge in [0.05, 0.1) is 22.3 Å². The number of ether oxygens (including phenoxy) is 2. The second-order valence-corrected chi connectivity index (χ2v) is 7.40. The Balaban J connectivity index is 1.96. The molecule has 0 spiro atoms. The van der Waals surface area contributed by atoms with Gasteiger partial charge in [-0.3, -0.25) is 4.79 Å². The summed E-state index contributed by atoms with van der Waals surface area (Å²) in [7, 11) is 1.50. The highest BCUT2D eigenvalue weighted by Crippen LogP contribution is 2.40. The minimum absolute atomic E-state index is 0.243. The van der Waals surface area contributed by atoms with Crippen LogP contribution in [0.1, 0.15) is 5.56 Å². The lowest BCUT2D eigenvalue weighted by molar-refractivity contribution is -0.123. The molecule has 0 aliphatic carbocycles. The van der Waals surface area contributed by atoms with Gasteiger partial charge in [-0.1, -0.05) is 15.9 Å². The quantitative estimate of drug-likeness (QED) is 0.286. The summed E-state index contributed by atoms with van der Waals surface area (Å²) in [6.45, 7) is -0.263. The number of carbonyl (C=O) groups is 1. The summed E-state index contributed by atoms with van der Waals surface area (Å²) in [6.07, 6.45) is 1.31. The van der Waals surface area contributed by atoms with Crippen LogP contribution in [0.2, 0.25) is 0 Å². The van der Waals surface area contributed by atoms with E-state index < -0.39 is 5.91 Å². The fraction of sp³-hybridized carbons (Fsp3) is 0.125. The molecule has 1 amide bonds. The molecule has 0 aliphatic rings. The molecule has 3 N–H and O–H groups in total. The Morgan fingerprint density at radius 2 is 1.92 bits per heavy atom. The summed E-state index contributed by atoms with van der Waals surface area (Å²) in [5.41, 5.74) is 2.75. The molecule has 0 unspecified atom stereocenters. The van der Waals surface area contributed by atoms with Gasteiger partial charge in [-0.25, -0.2) is 5.43 Å². The van der Waals surface area contributed by atoms with Crippen molar-refractivity contribution in [3.8, 4) is 23.0 Å². The molecule has 0 aromatic heterocycles. The smallest absolute Gasteiger partial charge is 0.277 e. The summed E-state index contributed by atoms with van der Waals surface area (Å²) in [6, 6.07) is 6.68. The van der Waals surface area contributed by atoms with Crippen LogP contribution >= 0.6 is 47.8 Å². The number of nitrogens with one attached hydrogen (secondary N) is 1. The topological polar surface area (TPSA) is 100 Å². The zero-order valence-corrected chi connectivity index (χ0v) is 18.1. The Morgan fingerprint density at radius 1 is 1.19 bits per heavy atom. The molecule has 7 nitrogen and oxygen atoms in total. The van der Waals surface area contributed by atoms with Crippen LogP contribution in [0.5, 0.6) is 23.0 Å². The number of benzene rings is 2. The van der Waals surface area contributed by atoms with E-state index in [1.54, 1.807) is 18.2 Å². The normalized spacial score (nSPS) is 10.8. The van der Waals surface area contributed by atoms with Crippen molar-refractivity contribution in [3.63, 3.8) is 0 Å². The van der Waals surface area contributed by atoms with E-state index >= 15 is 0 Å². The van der Waals surface area contributed by atoms with Crippen LogP contribution in [0.15, 0.2) is 42.8 Å². The van der Waals surface area contributed by atoms with E-state index in [-0.39, 0.29) is 27.1 Å². The van der Waals surface area contributed by atoms with Crippen molar-refractivity contribution in [2.75, 3.05) is 13.7 Å². The molecule has 2 aromatic rings. The van der Waals surface area contributed by atoms with Crippen LogP contribution in [0.3, 0.4) is 0 Å². The maximum atomic E-state index is 11.8. The Hall–Kier alpha value is -1.78. The van der Waals surface area contributed by atoms with Gasteiger partial charge in [0.25, 0.3) is 5.91 Å². The number of phenols is 2. The van der Waals surface area contributed by atoms with Crippen LogP contribution in [0.4, 0.5) is 0 Å². The van der Waals surface area contributed by atoms with Gasteiger partial charge in [0.2, 0.25) is 0 Å². The Kier molecular flexibility index (Phi) is 7.30. The van der Waals surface area contributed by atoms with Crippen molar-refractivity contribution in [2.24, 2.45) is 5.10 Å². The molecule has 0 saturated heterocycles. The summed E-state index contributed by atoms with van der Waals surface area (Å²) in [5.74, 6) is -0.203. The zero-order chi connectivity index (χ0) is 19.3. The maximum absolute atomic E-state index is 11.8. The SMILES string of the molecule is COc1cc(Br)ccc1OCC(=O)N/N=C\c1cc(Br)c(O)c(O)c1Br. The number of nitrogens with zero attached hydrogens (tertiary/aromatic N) is 1. The summed E-state index contributed by atoms with van der Waals surface area (Å²) in [5, 5.41) is 23.1. The lowest BCUT2D eigenvalue weighted by Crippen LogP contribution is -2.24. The van der Waals surface area contributed by atoms with E-state index in [4.69, 9.17) is 9.47 Å². The Morgan fingerprint density at radius 3 is 2.62 bits per heavy atom. The number of halogens is 3. The monoisotopic (exact) mass is 550 g/mol. The van der Waals surface area contributed by atoms with E-state index in [1.165, 1.54) is 19.4 Å². The van der Waals surface area contributed by atoms with Gasteiger partial charge in [0, 0.05) is 10.0 Å². The van der Waals surface area contributed by atoms with Crippen molar-refractivity contribution in [2.45, 2.75) is 0 Å². The van der Waals surface area contributed by atoms with Gasteiger partial charge < -0.3 is 19.7 Å². The molecular weight excluding hydrogens is 540 g/mol. The molecule has 0 heterocycles.